The van der Waals surface area contributed by atoms with Crippen molar-refractivity contribution in [1.82, 2.24) is 24.1 Å². The number of para-hydroxylation sites is 3. The minimum Gasteiger partial charge on any atom is -0.308 e. The molecule has 0 aliphatic carbocycles. The molecule has 4 aromatic heterocycles. The lowest BCUT2D eigenvalue weighted by atomic mass is 10.1. The summed E-state index contributed by atoms with van der Waals surface area (Å²) in [5.41, 5.74) is 9.05. The zero-order chi connectivity index (χ0) is 27.6. The molecule has 42 heavy (non-hydrogen) atoms. The molecule has 0 atom stereocenters. The molecular formula is C37H23N5. The Morgan fingerprint density at radius 3 is 1.81 bits per heavy atom. The molecule has 196 valence electrons. The molecule has 9 aromatic rings. The molecule has 0 N–H and O–H groups in total. The number of benzene rings is 5. The van der Waals surface area contributed by atoms with E-state index in [1.165, 1.54) is 10.8 Å². The number of imidazole rings is 1. The normalized spacial score (nSPS) is 11.8. The third kappa shape index (κ3) is 3.16. The van der Waals surface area contributed by atoms with E-state index in [1.807, 2.05) is 30.6 Å². The van der Waals surface area contributed by atoms with Gasteiger partial charge in [-0.1, -0.05) is 84.9 Å². The van der Waals surface area contributed by atoms with Crippen LogP contribution in [0.5, 0.6) is 0 Å². The fraction of sp³-hybridized carbons (Fsp3) is 0. The SMILES string of the molecule is c1ccc(-c2nc3c4cccnc4c4nccc(-n5c6ccccc6c6ccccc65)c4c3n2-c2ccccc2)cc1. The summed E-state index contributed by atoms with van der Waals surface area (Å²) >= 11 is 0. The van der Waals surface area contributed by atoms with Crippen LogP contribution in [-0.4, -0.2) is 24.1 Å². The lowest BCUT2D eigenvalue weighted by molar-refractivity contribution is 1.10. The molecule has 0 fully saturated rings. The summed E-state index contributed by atoms with van der Waals surface area (Å²) in [6.45, 7) is 0. The van der Waals surface area contributed by atoms with Crippen molar-refractivity contribution in [2.24, 2.45) is 0 Å². The lowest BCUT2D eigenvalue weighted by Gasteiger charge is -2.16. The number of hydrogen-bond acceptors (Lipinski definition) is 3. The van der Waals surface area contributed by atoms with E-state index in [2.05, 4.69) is 118 Å². The molecule has 0 amide bonds. The number of aromatic nitrogens is 5. The molecule has 5 nitrogen and oxygen atoms in total. The van der Waals surface area contributed by atoms with Crippen LogP contribution in [0.2, 0.25) is 0 Å². The van der Waals surface area contributed by atoms with Gasteiger partial charge in [0.1, 0.15) is 11.3 Å². The van der Waals surface area contributed by atoms with Crippen molar-refractivity contribution in [2.45, 2.75) is 0 Å². The van der Waals surface area contributed by atoms with Crippen molar-refractivity contribution in [2.75, 3.05) is 0 Å². The first-order valence-electron chi connectivity index (χ1n) is 14.1. The molecule has 5 heteroatoms. The number of rotatable bonds is 3. The van der Waals surface area contributed by atoms with Crippen LogP contribution in [0.3, 0.4) is 0 Å². The highest BCUT2D eigenvalue weighted by Crippen LogP contribution is 2.42. The van der Waals surface area contributed by atoms with Crippen LogP contribution in [-0.2, 0) is 0 Å². The van der Waals surface area contributed by atoms with Gasteiger partial charge in [0, 0.05) is 39.8 Å². The van der Waals surface area contributed by atoms with Crippen LogP contribution < -0.4 is 0 Å². The highest BCUT2D eigenvalue weighted by molar-refractivity contribution is 6.24. The molecule has 5 aromatic carbocycles. The van der Waals surface area contributed by atoms with E-state index in [0.29, 0.717) is 0 Å². The van der Waals surface area contributed by atoms with Gasteiger partial charge in [0.25, 0.3) is 0 Å². The molecule has 0 saturated carbocycles. The van der Waals surface area contributed by atoms with Gasteiger partial charge in [-0.2, -0.15) is 0 Å². The zero-order valence-corrected chi connectivity index (χ0v) is 22.5. The Kier molecular flexibility index (Phi) is 4.83. The van der Waals surface area contributed by atoms with Crippen LogP contribution in [0, 0.1) is 0 Å². The average Bonchev–Trinajstić information content (AvgIpc) is 3.63. The van der Waals surface area contributed by atoms with Crippen molar-refractivity contribution in [3.05, 3.63) is 140 Å². The molecule has 0 unspecified atom stereocenters. The molecule has 4 heterocycles. The van der Waals surface area contributed by atoms with Gasteiger partial charge in [-0.25, -0.2) is 4.98 Å². The van der Waals surface area contributed by atoms with Crippen LogP contribution in [0.25, 0.3) is 77.4 Å². The molecule has 0 saturated heterocycles. The van der Waals surface area contributed by atoms with Crippen LogP contribution in [0.4, 0.5) is 0 Å². The van der Waals surface area contributed by atoms with E-state index in [9.17, 15) is 0 Å². The number of hydrogen-bond donors (Lipinski definition) is 0. The summed E-state index contributed by atoms with van der Waals surface area (Å²) in [4.78, 5) is 15.2. The summed E-state index contributed by atoms with van der Waals surface area (Å²) in [6, 6.07) is 44.3. The molecule has 0 bridgehead atoms. The Morgan fingerprint density at radius 2 is 1.07 bits per heavy atom. The molecule has 0 radical (unpaired) electrons. The van der Waals surface area contributed by atoms with Gasteiger partial charge < -0.3 is 4.57 Å². The van der Waals surface area contributed by atoms with Gasteiger partial charge in [0.15, 0.2) is 0 Å². The second-order valence-corrected chi connectivity index (χ2v) is 10.5. The fourth-order valence-electron chi connectivity index (χ4n) is 6.47. The Bertz CT molecular complexity index is 2400. The Hall–Kier alpha value is -5.81. The van der Waals surface area contributed by atoms with Gasteiger partial charge >= 0.3 is 0 Å². The highest BCUT2D eigenvalue weighted by atomic mass is 15.1. The summed E-state index contributed by atoms with van der Waals surface area (Å²) in [7, 11) is 0. The predicted molar refractivity (Wildman–Crippen MR) is 171 cm³/mol. The first-order valence-corrected chi connectivity index (χ1v) is 14.1. The second kappa shape index (κ2) is 8.85. The largest absolute Gasteiger partial charge is 0.308 e. The first kappa shape index (κ1) is 22.9. The summed E-state index contributed by atoms with van der Waals surface area (Å²) in [6.07, 6.45) is 3.75. The smallest absolute Gasteiger partial charge is 0.145 e. The fourth-order valence-corrected chi connectivity index (χ4v) is 6.47. The molecular weight excluding hydrogens is 514 g/mol. The topological polar surface area (TPSA) is 48.5 Å². The maximum absolute atomic E-state index is 5.37. The quantitative estimate of drug-likeness (QED) is 0.212. The van der Waals surface area contributed by atoms with Gasteiger partial charge in [0.2, 0.25) is 0 Å². The van der Waals surface area contributed by atoms with Gasteiger partial charge in [-0.15, -0.1) is 0 Å². The highest BCUT2D eigenvalue weighted by Gasteiger charge is 2.24. The van der Waals surface area contributed by atoms with Crippen molar-refractivity contribution in [1.29, 1.82) is 0 Å². The lowest BCUT2D eigenvalue weighted by Crippen LogP contribution is -2.02. The molecule has 0 aliphatic rings. The van der Waals surface area contributed by atoms with Gasteiger partial charge in [-0.3, -0.25) is 14.5 Å². The van der Waals surface area contributed by atoms with Crippen LogP contribution >= 0.6 is 0 Å². The number of pyridine rings is 2. The van der Waals surface area contributed by atoms with Gasteiger partial charge in [0.05, 0.1) is 38.7 Å². The molecule has 0 aliphatic heterocycles. The Labute approximate surface area is 241 Å². The standard InChI is InChI=1S/C37H23N5/c1-3-12-24(13-4-1)37-40-34-28-18-11-22-38-33(28)35-32(36(34)41(37)25-14-5-2-6-15-25)31(21-23-39-35)42-29-19-9-7-16-26(29)27-17-8-10-20-30(27)42/h1-23H. The van der Waals surface area contributed by atoms with Crippen molar-refractivity contribution in [3.8, 4) is 22.8 Å². The van der Waals surface area contributed by atoms with Crippen molar-refractivity contribution in [3.63, 3.8) is 0 Å². The summed E-state index contributed by atoms with van der Waals surface area (Å²) < 4.78 is 4.66. The van der Waals surface area contributed by atoms with E-state index in [0.717, 1.165) is 66.6 Å². The third-order valence-electron chi connectivity index (χ3n) is 8.20. The maximum Gasteiger partial charge on any atom is 0.145 e. The van der Waals surface area contributed by atoms with Crippen LogP contribution in [0.1, 0.15) is 0 Å². The van der Waals surface area contributed by atoms with E-state index < -0.39 is 0 Å². The number of fused-ring (bicyclic) bond motifs is 9. The first-order chi connectivity index (χ1) is 20.9. The van der Waals surface area contributed by atoms with E-state index in [-0.39, 0.29) is 0 Å². The minimum absolute atomic E-state index is 0.847. The Balaban J connectivity index is 1.56. The average molecular weight is 538 g/mol. The molecule has 9 rings (SSSR count). The van der Waals surface area contributed by atoms with E-state index >= 15 is 0 Å². The molecule has 0 spiro atoms. The maximum atomic E-state index is 5.37. The number of nitrogens with zero attached hydrogens (tertiary/aromatic N) is 5. The monoisotopic (exact) mass is 537 g/mol. The second-order valence-electron chi connectivity index (χ2n) is 10.5. The van der Waals surface area contributed by atoms with E-state index in [4.69, 9.17) is 15.0 Å². The minimum atomic E-state index is 0.847. The predicted octanol–water partition coefficient (Wildman–Crippen LogP) is 8.89. The van der Waals surface area contributed by atoms with Crippen molar-refractivity contribution < 1.29 is 0 Å². The van der Waals surface area contributed by atoms with E-state index in [1.54, 1.807) is 0 Å². The Morgan fingerprint density at radius 1 is 0.452 bits per heavy atom. The van der Waals surface area contributed by atoms with Crippen molar-refractivity contribution >= 4 is 54.6 Å². The zero-order valence-electron chi connectivity index (χ0n) is 22.5. The van der Waals surface area contributed by atoms with Gasteiger partial charge in [-0.05, 0) is 42.5 Å². The summed E-state index contributed by atoms with van der Waals surface area (Å²) in [5, 5.41) is 4.44. The van der Waals surface area contributed by atoms with Crippen LogP contribution in [0.15, 0.2) is 140 Å². The third-order valence-corrected chi connectivity index (χ3v) is 8.20. The summed E-state index contributed by atoms with van der Waals surface area (Å²) in [5.74, 6) is 0.881.